The molecule has 11 heteroatoms. The van der Waals surface area contributed by atoms with Gasteiger partial charge in [-0.1, -0.05) is 0 Å². The predicted molar refractivity (Wildman–Crippen MR) is 107 cm³/mol. The maximum atomic E-state index is 13.5. The van der Waals surface area contributed by atoms with Gasteiger partial charge < -0.3 is 14.8 Å². The molecule has 0 spiro atoms. The molecule has 2 atom stereocenters. The second kappa shape index (κ2) is 8.58. The molecule has 3 rings (SSSR count). The summed E-state index contributed by atoms with van der Waals surface area (Å²) in [4.78, 5) is 11.4. The maximum Gasteiger partial charge on any atom is 0.243 e. The van der Waals surface area contributed by atoms with Crippen LogP contribution in [0.25, 0.3) is 0 Å². The molecule has 1 aromatic rings. The van der Waals surface area contributed by atoms with Gasteiger partial charge in [-0.3, -0.25) is 4.79 Å². The number of benzene rings is 1. The average Bonchev–Trinajstić information content (AvgIpc) is 3.28. The van der Waals surface area contributed by atoms with Crippen molar-refractivity contribution < 1.29 is 31.1 Å². The van der Waals surface area contributed by atoms with Crippen molar-refractivity contribution in [3.05, 3.63) is 18.2 Å². The van der Waals surface area contributed by atoms with Gasteiger partial charge in [0.05, 0.1) is 35.3 Å². The van der Waals surface area contributed by atoms with E-state index in [2.05, 4.69) is 5.32 Å². The van der Waals surface area contributed by atoms with Gasteiger partial charge in [0.15, 0.2) is 9.84 Å². The van der Waals surface area contributed by atoms with Crippen molar-refractivity contribution in [1.82, 2.24) is 4.31 Å². The van der Waals surface area contributed by atoms with Gasteiger partial charge in [-0.25, -0.2) is 16.8 Å². The molecule has 0 bridgehead atoms. The average molecular weight is 447 g/mol. The van der Waals surface area contributed by atoms with E-state index in [4.69, 9.17) is 9.47 Å². The summed E-state index contributed by atoms with van der Waals surface area (Å²) in [6.45, 7) is 1.98. The Labute approximate surface area is 171 Å². The van der Waals surface area contributed by atoms with Crippen molar-refractivity contribution in [3.8, 4) is 5.75 Å². The van der Waals surface area contributed by atoms with Gasteiger partial charge in [-0.15, -0.1) is 0 Å². The molecule has 29 heavy (non-hydrogen) atoms. The van der Waals surface area contributed by atoms with Crippen molar-refractivity contribution in [3.63, 3.8) is 0 Å². The van der Waals surface area contributed by atoms with Crippen LogP contribution in [-0.2, 0) is 29.4 Å². The van der Waals surface area contributed by atoms with Gasteiger partial charge in [0, 0.05) is 26.1 Å². The Morgan fingerprint density at radius 3 is 2.66 bits per heavy atom. The molecule has 1 N–H and O–H groups in total. The molecule has 0 radical (unpaired) electrons. The zero-order valence-electron chi connectivity index (χ0n) is 16.5. The van der Waals surface area contributed by atoms with E-state index < -0.39 is 25.9 Å². The Kier molecular flexibility index (Phi) is 6.51. The van der Waals surface area contributed by atoms with Crippen LogP contribution in [0, 0.1) is 0 Å². The van der Waals surface area contributed by atoms with Gasteiger partial charge in [0.2, 0.25) is 15.9 Å². The molecule has 0 aliphatic carbocycles. The van der Waals surface area contributed by atoms with E-state index in [1.807, 2.05) is 0 Å². The molecule has 0 saturated carbocycles. The van der Waals surface area contributed by atoms with E-state index in [9.17, 15) is 21.6 Å². The number of carbonyl (C=O) groups is 1. The molecule has 2 heterocycles. The van der Waals surface area contributed by atoms with E-state index in [0.29, 0.717) is 12.4 Å². The van der Waals surface area contributed by atoms with E-state index in [0.717, 1.165) is 12.8 Å². The van der Waals surface area contributed by atoms with Crippen LogP contribution in [0.15, 0.2) is 23.1 Å². The number of hydrogen-bond donors (Lipinski definition) is 1. The molecule has 2 fully saturated rings. The first-order valence-corrected chi connectivity index (χ1v) is 12.7. The van der Waals surface area contributed by atoms with Crippen molar-refractivity contribution in [2.45, 2.75) is 43.2 Å². The molecule has 0 unspecified atom stereocenters. The normalized spacial score (nSPS) is 24.0. The summed E-state index contributed by atoms with van der Waals surface area (Å²) in [6, 6.07) is 3.56. The SMILES string of the molecule is COc1ccc(S(=O)(=O)N(C[C@H]2CCCO2)[C@@H]2CCS(=O)(=O)C2)cc1NC(C)=O. The minimum atomic E-state index is -4.02. The first kappa shape index (κ1) is 22.0. The Hall–Kier alpha value is -1.69. The molecule has 2 saturated heterocycles. The van der Waals surface area contributed by atoms with Gasteiger partial charge in [-0.05, 0) is 37.5 Å². The number of anilines is 1. The number of nitrogens with zero attached hydrogens (tertiary/aromatic N) is 1. The summed E-state index contributed by atoms with van der Waals surface area (Å²) in [6.07, 6.45) is 1.56. The van der Waals surface area contributed by atoms with Gasteiger partial charge in [0.1, 0.15) is 5.75 Å². The topological polar surface area (TPSA) is 119 Å². The van der Waals surface area contributed by atoms with Crippen molar-refractivity contribution >= 4 is 31.5 Å². The number of carbonyl (C=O) groups excluding carboxylic acids is 1. The molecule has 2 aliphatic rings. The molecule has 0 aromatic heterocycles. The Morgan fingerprint density at radius 2 is 2.10 bits per heavy atom. The van der Waals surface area contributed by atoms with E-state index in [1.54, 1.807) is 0 Å². The van der Waals surface area contributed by atoms with Gasteiger partial charge in [-0.2, -0.15) is 4.31 Å². The molecule has 162 valence electrons. The molecule has 1 aromatic carbocycles. The highest BCUT2D eigenvalue weighted by atomic mass is 32.2. The Balaban J connectivity index is 1.98. The Bertz CT molecular complexity index is 970. The quantitative estimate of drug-likeness (QED) is 0.664. The summed E-state index contributed by atoms with van der Waals surface area (Å²) in [5, 5.41) is 2.56. The monoisotopic (exact) mass is 446 g/mol. The second-order valence-electron chi connectivity index (χ2n) is 7.31. The number of methoxy groups -OCH3 is 1. The van der Waals surface area contributed by atoms with Crippen LogP contribution >= 0.6 is 0 Å². The lowest BCUT2D eigenvalue weighted by molar-refractivity contribution is -0.114. The largest absolute Gasteiger partial charge is 0.495 e. The highest BCUT2D eigenvalue weighted by Gasteiger charge is 2.40. The third kappa shape index (κ3) is 5.08. The van der Waals surface area contributed by atoms with Gasteiger partial charge in [0.25, 0.3) is 0 Å². The number of nitrogens with one attached hydrogen (secondary N) is 1. The number of hydrogen-bond acceptors (Lipinski definition) is 7. The maximum absolute atomic E-state index is 13.5. The Morgan fingerprint density at radius 1 is 1.34 bits per heavy atom. The number of sulfone groups is 1. The molecule has 1 amide bonds. The first-order valence-electron chi connectivity index (χ1n) is 9.42. The standard InChI is InChI=1S/C18H26N2O7S2/c1-13(21)19-17-10-16(5-6-18(17)26-2)29(24,25)20(11-15-4-3-8-27-15)14-7-9-28(22,23)12-14/h5-6,10,14-15H,3-4,7-9,11-12H2,1-2H3,(H,19,21)/t14-,15-/m1/s1. The number of sulfonamides is 1. The summed E-state index contributed by atoms with van der Waals surface area (Å²) < 4.78 is 63.0. The predicted octanol–water partition coefficient (Wildman–Crippen LogP) is 1.01. The molecular formula is C18H26N2O7S2. The van der Waals surface area contributed by atoms with Crippen LogP contribution in [0.3, 0.4) is 0 Å². The number of rotatable bonds is 7. The highest BCUT2D eigenvalue weighted by molar-refractivity contribution is 7.92. The van der Waals surface area contributed by atoms with Crippen molar-refractivity contribution in [2.24, 2.45) is 0 Å². The highest BCUT2D eigenvalue weighted by Crippen LogP contribution is 2.32. The lowest BCUT2D eigenvalue weighted by Gasteiger charge is -2.29. The van der Waals surface area contributed by atoms with E-state index in [-0.39, 0.29) is 47.1 Å². The van der Waals surface area contributed by atoms with Crippen LogP contribution in [0.1, 0.15) is 26.2 Å². The molecule has 2 aliphatic heterocycles. The minimum Gasteiger partial charge on any atom is -0.495 e. The van der Waals surface area contributed by atoms with Crippen LogP contribution in [0.4, 0.5) is 5.69 Å². The van der Waals surface area contributed by atoms with Crippen LogP contribution in [0.2, 0.25) is 0 Å². The van der Waals surface area contributed by atoms with Crippen LogP contribution in [0.5, 0.6) is 5.75 Å². The molecular weight excluding hydrogens is 420 g/mol. The fourth-order valence-corrected chi connectivity index (χ4v) is 7.24. The molecule has 9 nitrogen and oxygen atoms in total. The van der Waals surface area contributed by atoms with E-state index in [1.165, 1.54) is 36.5 Å². The van der Waals surface area contributed by atoms with Crippen LogP contribution < -0.4 is 10.1 Å². The summed E-state index contributed by atoms with van der Waals surface area (Å²) in [7, 11) is -5.88. The fraction of sp³-hybridized carbons (Fsp3) is 0.611. The third-order valence-electron chi connectivity index (χ3n) is 5.11. The fourth-order valence-electron chi connectivity index (χ4n) is 3.71. The van der Waals surface area contributed by atoms with Crippen molar-refractivity contribution in [2.75, 3.05) is 37.1 Å². The third-order valence-corrected chi connectivity index (χ3v) is 8.78. The van der Waals surface area contributed by atoms with Crippen LogP contribution in [-0.4, -0.2) is 71.0 Å². The van der Waals surface area contributed by atoms with Gasteiger partial charge >= 0.3 is 0 Å². The smallest absolute Gasteiger partial charge is 0.243 e. The van der Waals surface area contributed by atoms with Crippen molar-refractivity contribution in [1.29, 1.82) is 0 Å². The summed E-state index contributed by atoms with van der Waals surface area (Å²) >= 11 is 0. The summed E-state index contributed by atoms with van der Waals surface area (Å²) in [5.74, 6) is -0.271. The zero-order chi connectivity index (χ0) is 21.2. The van der Waals surface area contributed by atoms with E-state index >= 15 is 0 Å². The lowest BCUT2D eigenvalue weighted by Crippen LogP contribution is -2.45. The number of ether oxygens (including phenoxy) is 2. The second-order valence-corrected chi connectivity index (χ2v) is 11.4. The minimum absolute atomic E-state index is 0.0328. The summed E-state index contributed by atoms with van der Waals surface area (Å²) in [5.41, 5.74) is 0.234. The number of amides is 1. The first-order chi connectivity index (χ1) is 13.6. The zero-order valence-corrected chi connectivity index (χ0v) is 18.1. The lowest BCUT2D eigenvalue weighted by atomic mass is 10.2.